The van der Waals surface area contributed by atoms with Crippen molar-refractivity contribution in [3.05, 3.63) is 23.8 Å². The third-order valence-electron chi connectivity index (χ3n) is 4.43. The zero-order chi connectivity index (χ0) is 18.8. The van der Waals surface area contributed by atoms with Gasteiger partial charge < -0.3 is 24.4 Å². The van der Waals surface area contributed by atoms with E-state index in [2.05, 4.69) is 30.3 Å². The molecule has 1 saturated carbocycles. The molecule has 6 nitrogen and oxygen atoms in total. The molecule has 0 unspecified atom stereocenters. The number of guanidine groups is 1. The van der Waals surface area contributed by atoms with Crippen molar-refractivity contribution >= 4 is 29.9 Å². The molecule has 0 bridgehead atoms. The van der Waals surface area contributed by atoms with Crippen LogP contribution < -0.4 is 14.8 Å². The zero-order valence-electron chi connectivity index (χ0n) is 17.0. The van der Waals surface area contributed by atoms with Gasteiger partial charge in [0.05, 0.1) is 20.8 Å². The Morgan fingerprint density at radius 3 is 2.59 bits per heavy atom. The number of rotatable bonds is 11. The number of nitrogens with zero attached hydrogens (tertiary/aromatic N) is 2. The van der Waals surface area contributed by atoms with Crippen molar-refractivity contribution in [2.75, 3.05) is 54.1 Å². The van der Waals surface area contributed by atoms with Crippen LogP contribution in [0.4, 0.5) is 0 Å². The first-order valence-corrected chi connectivity index (χ1v) is 9.46. The van der Waals surface area contributed by atoms with Crippen molar-refractivity contribution in [3.63, 3.8) is 0 Å². The van der Waals surface area contributed by atoms with E-state index in [0.717, 1.165) is 56.1 Å². The molecule has 0 saturated heterocycles. The van der Waals surface area contributed by atoms with E-state index in [1.165, 1.54) is 18.4 Å². The van der Waals surface area contributed by atoms with E-state index in [4.69, 9.17) is 19.2 Å². The number of benzene rings is 1. The van der Waals surface area contributed by atoms with Crippen molar-refractivity contribution in [1.29, 1.82) is 0 Å². The number of hydrogen-bond donors (Lipinski definition) is 1. The molecule has 1 fully saturated rings. The highest BCUT2D eigenvalue weighted by molar-refractivity contribution is 14.0. The summed E-state index contributed by atoms with van der Waals surface area (Å²) in [6.07, 6.45) is 3.51. The lowest BCUT2D eigenvalue weighted by Gasteiger charge is -2.22. The third kappa shape index (κ3) is 8.55. The molecule has 1 aromatic rings. The molecular formula is C20H34IN3O3. The highest BCUT2D eigenvalue weighted by Crippen LogP contribution is 2.29. The van der Waals surface area contributed by atoms with Crippen LogP contribution >= 0.6 is 24.0 Å². The molecule has 2 rings (SSSR count). The van der Waals surface area contributed by atoms with Crippen LogP contribution in [0.1, 0.15) is 25.3 Å². The Labute approximate surface area is 180 Å². The fraction of sp³-hybridized carbons (Fsp3) is 0.650. The second-order valence-electron chi connectivity index (χ2n) is 6.61. The number of likely N-dealkylation sites (N-methyl/N-ethyl adjacent to an activating group) is 1. The highest BCUT2D eigenvalue weighted by atomic mass is 127. The van der Waals surface area contributed by atoms with Gasteiger partial charge >= 0.3 is 0 Å². The summed E-state index contributed by atoms with van der Waals surface area (Å²) in [5.74, 6) is 3.23. The van der Waals surface area contributed by atoms with Crippen LogP contribution in [0.5, 0.6) is 11.5 Å². The molecule has 0 aliphatic heterocycles. The Morgan fingerprint density at radius 1 is 1.22 bits per heavy atom. The minimum atomic E-state index is 0. The molecule has 1 aliphatic carbocycles. The summed E-state index contributed by atoms with van der Waals surface area (Å²) in [5, 5.41) is 3.35. The van der Waals surface area contributed by atoms with E-state index in [1.807, 2.05) is 12.1 Å². The second-order valence-corrected chi connectivity index (χ2v) is 6.61. The lowest BCUT2D eigenvalue weighted by Crippen LogP contribution is -2.40. The van der Waals surface area contributed by atoms with Crippen LogP contribution in [0.2, 0.25) is 0 Å². The lowest BCUT2D eigenvalue weighted by atomic mass is 10.1. The number of halogens is 1. The first-order chi connectivity index (χ1) is 12.7. The number of ether oxygens (including phenoxy) is 3. The molecule has 154 valence electrons. The lowest BCUT2D eigenvalue weighted by molar-refractivity contribution is 0.115. The molecule has 1 aliphatic rings. The Bertz CT molecular complexity index is 580. The van der Waals surface area contributed by atoms with Crippen molar-refractivity contribution in [3.8, 4) is 11.5 Å². The Morgan fingerprint density at radius 2 is 1.96 bits per heavy atom. The molecular weight excluding hydrogens is 457 g/mol. The minimum absolute atomic E-state index is 0. The van der Waals surface area contributed by atoms with Gasteiger partial charge in [-0.25, -0.2) is 0 Å². The maximum absolute atomic E-state index is 5.73. The molecule has 0 atom stereocenters. The number of nitrogens with one attached hydrogen (secondary N) is 1. The Hall–Kier alpha value is -1.22. The fourth-order valence-corrected chi connectivity index (χ4v) is 2.64. The molecule has 0 amide bonds. The van der Waals surface area contributed by atoms with Crippen LogP contribution in [0, 0.1) is 5.92 Å². The number of methoxy groups -OCH3 is 2. The quantitative estimate of drug-likeness (QED) is 0.223. The topological polar surface area (TPSA) is 55.3 Å². The molecule has 1 N–H and O–H groups in total. The van der Waals surface area contributed by atoms with Gasteiger partial charge in [-0.3, -0.25) is 4.99 Å². The molecule has 1 aromatic carbocycles. The van der Waals surface area contributed by atoms with Crippen LogP contribution in [0.25, 0.3) is 0 Å². The predicted molar refractivity (Wildman–Crippen MR) is 121 cm³/mol. The van der Waals surface area contributed by atoms with Crippen LogP contribution in [0.3, 0.4) is 0 Å². The van der Waals surface area contributed by atoms with E-state index < -0.39 is 0 Å². The van der Waals surface area contributed by atoms with Crippen molar-refractivity contribution in [2.45, 2.75) is 26.2 Å². The van der Waals surface area contributed by atoms with E-state index in [1.54, 1.807) is 14.2 Å². The van der Waals surface area contributed by atoms with E-state index >= 15 is 0 Å². The molecule has 27 heavy (non-hydrogen) atoms. The summed E-state index contributed by atoms with van der Waals surface area (Å²) in [6, 6.07) is 6.00. The molecule has 0 radical (unpaired) electrons. The van der Waals surface area contributed by atoms with Gasteiger partial charge in [0.25, 0.3) is 0 Å². The summed E-state index contributed by atoms with van der Waals surface area (Å²) in [6.45, 7) is 6.14. The standard InChI is InChI=1S/C20H33N3O3.HI/c1-5-21-20(23(2)12-13-26-15-17-6-7-17)22-11-10-16-8-9-18(24-3)19(14-16)25-4;/h8-9,14,17H,5-7,10-13,15H2,1-4H3,(H,21,22);1H. The van der Waals surface area contributed by atoms with E-state index in [9.17, 15) is 0 Å². The first-order valence-electron chi connectivity index (χ1n) is 9.46. The van der Waals surface area contributed by atoms with Crippen molar-refractivity contribution < 1.29 is 14.2 Å². The smallest absolute Gasteiger partial charge is 0.193 e. The van der Waals surface area contributed by atoms with Gasteiger partial charge in [-0.15, -0.1) is 24.0 Å². The summed E-state index contributed by atoms with van der Waals surface area (Å²) < 4.78 is 16.4. The van der Waals surface area contributed by atoms with Gasteiger partial charge in [0.15, 0.2) is 17.5 Å². The van der Waals surface area contributed by atoms with Gasteiger partial charge in [-0.2, -0.15) is 0 Å². The molecule has 0 aromatic heterocycles. The van der Waals surface area contributed by atoms with E-state index in [0.29, 0.717) is 6.54 Å². The summed E-state index contributed by atoms with van der Waals surface area (Å²) in [5.41, 5.74) is 1.18. The minimum Gasteiger partial charge on any atom is -0.493 e. The van der Waals surface area contributed by atoms with Gasteiger partial charge in [0.2, 0.25) is 0 Å². The Balaban J connectivity index is 0.00000364. The maximum Gasteiger partial charge on any atom is 0.193 e. The van der Waals surface area contributed by atoms with Gasteiger partial charge in [0.1, 0.15) is 0 Å². The first kappa shape index (κ1) is 23.8. The Kier molecular flexibility index (Phi) is 11.5. The number of aliphatic imine (C=N–C) groups is 1. The van der Waals surface area contributed by atoms with Gasteiger partial charge in [0, 0.05) is 33.3 Å². The molecule has 0 heterocycles. The molecule has 0 spiro atoms. The van der Waals surface area contributed by atoms with Crippen LogP contribution in [0.15, 0.2) is 23.2 Å². The molecule has 7 heteroatoms. The predicted octanol–water partition coefficient (Wildman–Crippen LogP) is 3.19. The third-order valence-corrected chi connectivity index (χ3v) is 4.43. The monoisotopic (exact) mass is 491 g/mol. The average Bonchev–Trinajstić information content (AvgIpc) is 3.48. The van der Waals surface area contributed by atoms with Gasteiger partial charge in [-0.05, 0) is 49.8 Å². The van der Waals surface area contributed by atoms with Crippen molar-refractivity contribution in [2.24, 2.45) is 10.9 Å². The van der Waals surface area contributed by atoms with Gasteiger partial charge in [-0.1, -0.05) is 6.07 Å². The summed E-state index contributed by atoms with van der Waals surface area (Å²) in [7, 11) is 5.36. The second kappa shape index (κ2) is 13.0. The SMILES string of the molecule is CCNC(=NCCc1ccc(OC)c(OC)c1)N(C)CCOCC1CC1.I. The van der Waals surface area contributed by atoms with E-state index in [-0.39, 0.29) is 24.0 Å². The van der Waals surface area contributed by atoms with Crippen LogP contribution in [-0.2, 0) is 11.2 Å². The number of hydrogen-bond acceptors (Lipinski definition) is 4. The summed E-state index contributed by atoms with van der Waals surface area (Å²) in [4.78, 5) is 6.87. The average molecular weight is 491 g/mol. The fourth-order valence-electron chi connectivity index (χ4n) is 2.64. The zero-order valence-corrected chi connectivity index (χ0v) is 19.3. The summed E-state index contributed by atoms with van der Waals surface area (Å²) >= 11 is 0. The normalized spacial score (nSPS) is 13.7. The maximum atomic E-state index is 5.73. The highest BCUT2D eigenvalue weighted by Gasteiger charge is 2.21. The largest absolute Gasteiger partial charge is 0.493 e. The van der Waals surface area contributed by atoms with Crippen molar-refractivity contribution in [1.82, 2.24) is 10.2 Å². The van der Waals surface area contributed by atoms with Crippen LogP contribution in [-0.4, -0.2) is 65.0 Å².